The summed E-state index contributed by atoms with van der Waals surface area (Å²) in [6.45, 7) is 10.7. The Morgan fingerprint density at radius 2 is 1.94 bits per heavy atom. The molecular formula is C26H27N5OS2. The number of fused-ring (bicyclic) bond motifs is 1. The SMILES string of the molecule is C=C/C=C(\SC(=C)N)c1ccc2cnc(N/C(=C/S)c3ccnc(N4CCOCC4)c3)cc2c1. The van der Waals surface area contributed by atoms with Gasteiger partial charge in [-0.15, -0.1) is 12.6 Å². The van der Waals surface area contributed by atoms with E-state index in [0.29, 0.717) is 18.2 Å². The lowest BCUT2D eigenvalue weighted by molar-refractivity contribution is 0.122. The van der Waals surface area contributed by atoms with Crippen LogP contribution in [-0.4, -0.2) is 36.3 Å². The number of rotatable bonds is 8. The molecule has 1 aliphatic rings. The van der Waals surface area contributed by atoms with Gasteiger partial charge in [0.1, 0.15) is 11.6 Å². The monoisotopic (exact) mass is 489 g/mol. The van der Waals surface area contributed by atoms with Crippen molar-refractivity contribution in [2.24, 2.45) is 5.73 Å². The molecule has 1 aromatic carbocycles. The number of morpholine rings is 1. The lowest BCUT2D eigenvalue weighted by atomic mass is 10.1. The molecule has 8 heteroatoms. The summed E-state index contributed by atoms with van der Waals surface area (Å²) in [7, 11) is 0. The Morgan fingerprint density at radius 1 is 1.12 bits per heavy atom. The van der Waals surface area contributed by atoms with Gasteiger partial charge in [-0.25, -0.2) is 9.97 Å². The highest BCUT2D eigenvalue weighted by Gasteiger charge is 2.14. The van der Waals surface area contributed by atoms with Crippen LogP contribution in [-0.2, 0) is 4.74 Å². The number of nitrogens with two attached hydrogens (primary N) is 1. The van der Waals surface area contributed by atoms with Gasteiger partial charge in [0.25, 0.3) is 0 Å². The first kappa shape index (κ1) is 23.9. The van der Waals surface area contributed by atoms with Crippen LogP contribution < -0.4 is 16.0 Å². The van der Waals surface area contributed by atoms with Crippen molar-refractivity contribution < 1.29 is 4.74 Å². The fourth-order valence-corrected chi connectivity index (χ4v) is 4.57. The van der Waals surface area contributed by atoms with Crippen LogP contribution in [0.1, 0.15) is 11.1 Å². The quantitative estimate of drug-likeness (QED) is 0.285. The van der Waals surface area contributed by atoms with E-state index in [1.54, 1.807) is 11.5 Å². The summed E-state index contributed by atoms with van der Waals surface area (Å²) >= 11 is 5.86. The maximum atomic E-state index is 5.83. The smallest absolute Gasteiger partial charge is 0.130 e. The lowest BCUT2D eigenvalue weighted by Gasteiger charge is -2.28. The number of aromatic nitrogens is 2. The molecule has 2 aromatic heterocycles. The van der Waals surface area contributed by atoms with Gasteiger partial charge in [-0.3, -0.25) is 0 Å². The van der Waals surface area contributed by atoms with Gasteiger partial charge in [-0.05, 0) is 46.7 Å². The third-order valence-corrected chi connectivity index (χ3v) is 6.41. The molecule has 3 N–H and O–H groups in total. The summed E-state index contributed by atoms with van der Waals surface area (Å²) in [5.74, 6) is 1.65. The minimum atomic E-state index is 0.530. The fourth-order valence-electron chi connectivity index (χ4n) is 3.67. The Morgan fingerprint density at radius 3 is 2.68 bits per heavy atom. The Bertz CT molecular complexity index is 1270. The van der Waals surface area contributed by atoms with E-state index >= 15 is 0 Å². The molecule has 0 atom stereocenters. The first-order chi connectivity index (χ1) is 16.6. The standard InChI is InChI=1S/C26H27N5OS2/c1-3-4-24(34-18(2)27)20-5-6-21-16-29-25(14-22(21)13-20)30-23(17-33)19-7-8-28-26(15-19)31-9-11-32-12-10-31/h3-8,13-17,33H,1-2,9-12,27H2,(H,29,30)/b23-17+,24-4-. The van der Waals surface area contributed by atoms with Crippen molar-refractivity contribution in [1.29, 1.82) is 0 Å². The number of hydrogen-bond donors (Lipinski definition) is 3. The Balaban J connectivity index is 1.60. The summed E-state index contributed by atoms with van der Waals surface area (Å²) in [6, 6.07) is 12.2. The van der Waals surface area contributed by atoms with Crippen molar-refractivity contribution in [3.8, 4) is 0 Å². The van der Waals surface area contributed by atoms with Gasteiger partial charge in [-0.2, -0.15) is 0 Å². The number of pyridine rings is 2. The van der Waals surface area contributed by atoms with Crippen molar-refractivity contribution in [1.82, 2.24) is 9.97 Å². The van der Waals surface area contributed by atoms with Crippen LogP contribution >= 0.6 is 24.4 Å². The fraction of sp³-hybridized carbons (Fsp3) is 0.154. The molecule has 1 aliphatic heterocycles. The van der Waals surface area contributed by atoms with E-state index in [9.17, 15) is 0 Å². The number of anilines is 2. The topological polar surface area (TPSA) is 76.3 Å². The predicted molar refractivity (Wildman–Crippen MR) is 149 cm³/mol. The third kappa shape index (κ3) is 5.83. The first-order valence-electron chi connectivity index (χ1n) is 10.8. The largest absolute Gasteiger partial charge is 0.394 e. The van der Waals surface area contributed by atoms with Crippen LogP contribution in [0.25, 0.3) is 21.4 Å². The van der Waals surface area contributed by atoms with E-state index in [2.05, 4.69) is 58.1 Å². The van der Waals surface area contributed by atoms with Crippen molar-refractivity contribution in [2.75, 3.05) is 36.5 Å². The lowest BCUT2D eigenvalue weighted by Crippen LogP contribution is -2.36. The van der Waals surface area contributed by atoms with E-state index in [4.69, 9.17) is 10.5 Å². The third-order valence-electron chi connectivity index (χ3n) is 5.30. The van der Waals surface area contributed by atoms with Crippen LogP contribution in [0.5, 0.6) is 0 Å². The van der Waals surface area contributed by atoms with Gasteiger partial charge in [0.05, 0.1) is 23.9 Å². The number of thioether (sulfide) groups is 1. The van der Waals surface area contributed by atoms with Crippen molar-refractivity contribution in [3.05, 3.63) is 95.7 Å². The molecule has 174 valence electrons. The van der Waals surface area contributed by atoms with Crippen LogP contribution in [0.3, 0.4) is 0 Å². The normalized spacial score (nSPS) is 14.8. The number of nitrogens with zero attached hydrogens (tertiary/aromatic N) is 3. The molecule has 0 unspecified atom stereocenters. The van der Waals surface area contributed by atoms with Crippen molar-refractivity contribution in [3.63, 3.8) is 0 Å². The Kier molecular flexibility index (Phi) is 7.95. The highest BCUT2D eigenvalue weighted by Crippen LogP contribution is 2.33. The van der Waals surface area contributed by atoms with Crippen molar-refractivity contribution >= 4 is 57.4 Å². The number of ether oxygens (including phenoxy) is 1. The Labute approximate surface area is 209 Å². The van der Waals surface area contributed by atoms with E-state index in [0.717, 1.165) is 57.2 Å². The van der Waals surface area contributed by atoms with Gasteiger partial charge in [0.15, 0.2) is 0 Å². The van der Waals surface area contributed by atoms with Gasteiger partial charge in [0, 0.05) is 41.3 Å². The molecule has 1 saturated heterocycles. The van der Waals surface area contributed by atoms with Crippen molar-refractivity contribution in [2.45, 2.75) is 0 Å². The van der Waals surface area contributed by atoms with Gasteiger partial charge in [0.2, 0.25) is 0 Å². The molecule has 4 rings (SSSR count). The van der Waals surface area contributed by atoms with E-state index in [1.165, 1.54) is 11.8 Å². The summed E-state index contributed by atoms with van der Waals surface area (Å²) in [5.41, 5.74) is 8.69. The Hall–Kier alpha value is -3.20. The molecule has 34 heavy (non-hydrogen) atoms. The zero-order valence-electron chi connectivity index (χ0n) is 18.8. The number of thiol groups is 1. The van der Waals surface area contributed by atoms with E-state index < -0.39 is 0 Å². The molecule has 0 radical (unpaired) electrons. The highest BCUT2D eigenvalue weighted by molar-refractivity contribution is 8.11. The molecule has 6 nitrogen and oxygen atoms in total. The average molecular weight is 490 g/mol. The van der Waals surface area contributed by atoms with Gasteiger partial charge >= 0.3 is 0 Å². The van der Waals surface area contributed by atoms with Gasteiger partial charge in [-0.1, -0.05) is 43.1 Å². The minimum Gasteiger partial charge on any atom is -0.394 e. The molecular weight excluding hydrogens is 462 g/mol. The molecule has 0 amide bonds. The molecule has 0 spiro atoms. The first-order valence-corrected chi connectivity index (χ1v) is 12.2. The molecule has 3 heterocycles. The van der Waals surface area contributed by atoms with E-state index in [1.807, 2.05) is 42.7 Å². The number of hydrogen-bond acceptors (Lipinski definition) is 8. The second kappa shape index (κ2) is 11.3. The van der Waals surface area contributed by atoms with Crippen LogP contribution in [0.4, 0.5) is 11.6 Å². The second-order valence-corrected chi connectivity index (χ2v) is 9.06. The van der Waals surface area contributed by atoms with E-state index in [-0.39, 0.29) is 0 Å². The van der Waals surface area contributed by atoms with Crippen LogP contribution in [0, 0.1) is 0 Å². The maximum absolute atomic E-state index is 5.83. The summed E-state index contributed by atoms with van der Waals surface area (Å²) in [4.78, 5) is 12.3. The molecule has 3 aromatic rings. The molecule has 0 saturated carbocycles. The zero-order valence-corrected chi connectivity index (χ0v) is 20.5. The highest BCUT2D eigenvalue weighted by atomic mass is 32.2. The summed E-state index contributed by atoms with van der Waals surface area (Å²) < 4.78 is 5.46. The summed E-state index contributed by atoms with van der Waals surface area (Å²) in [5, 5.41) is 7.77. The van der Waals surface area contributed by atoms with Gasteiger partial charge < -0.3 is 20.7 Å². The molecule has 1 fully saturated rings. The number of benzene rings is 1. The number of nitrogens with one attached hydrogen (secondary N) is 1. The minimum absolute atomic E-state index is 0.530. The van der Waals surface area contributed by atoms with Crippen LogP contribution in [0.2, 0.25) is 0 Å². The second-order valence-electron chi connectivity index (χ2n) is 7.64. The molecule has 0 aliphatic carbocycles. The summed E-state index contributed by atoms with van der Waals surface area (Å²) in [6.07, 6.45) is 7.35. The average Bonchev–Trinajstić information content (AvgIpc) is 2.87. The number of allylic oxidation sites excluding steroid dienone is 2. The zero-order chi connectivity index (χ0) is 23.9. The molecule has 0 bridgehead atoms. The predicted octanol–water partition coefficient (Wildman–Crippen LogP) is 5.50. The maximum Gasteiger partial charge on any atom is 0.130 e. The van der Waals surface area contributed by atoms with Crippen LogP contribution in [0.15, 0.2) is 84.5 Å².